The standard InChI is InChI=1S/C17H16N2O2S/c1-11-8-13(9-15(20-2)17(11)21-3)16-14(10-22-19-16)12-4-6-18-7-5-12/h4-10H,1-3H3. The summed E-state index contributed by atoms with van der Waals surface area (Å²) in [6.07, 6.45) is 3.58. The molecule has 3 aromatic rings. The van der Waals surface area contributed by atoms with E-state index in [1.54, 1.807) is 26.6 Å². The molecule has 0 unspecified atom stereocenters. The molecule has 0 saturated heterocycles. The van der Waals surface area contributed by atoms with Gasteiger partial charge in [0.25, 0.3) is 0 Å². The largest absolute Gasteiger partial charge is 0.493 e. The van der Waals surface area contributed by atoms with Crippen molar-refractivity contribution in [2.24, 2.45) is 0 Å². The predicted molar refractivity (Wildman–Crippen MR) is 88.6 cm³/mol. The van der Waals surface area contributed by atoms with Crippen molar-refractivity contribution in [3.63, 3.8) is 0 Å². The molecule has 0 N–H and O–H groups in total. The van der Waals surface area contributed by atoms with Gasteiger partial charge in [-0.2, -0.15) is 4.37 Å². The van der Waals surface area contributed by atoms with Crippen LogP contribution in [0.5, 0.6) is 11.5 Å². The van der Waals surface area contributed by atoms with E-state index in [-0.39, 0.29) is 0 Å². The van der Waals surface area contributed by atoms with Crippen molar-refractivity contribution < 1.29 is 9.47 Å². The van der Waals surface area contributed by atoms with Crippen molar-refractivity contribution in [2.75, 3.05) is 14.2 Å². The molecule has 2 heterocycles. The molecule has 0 radical (unpaired) electrons. The molecule has 22 heavy (non-hydrogen) atoms. The number of methoxy groups -OCH3 is 2. The van der Waals surface area contributed by atoms with Crippen molar-refractivity contribution in [1.82, 2.24) is 9.36 Å². The van der Waals surface area contributed by atoms with E-state index in [4.69, 9.17) is 9.47 Å². The molecule has 0 fully saturated rings. The van der Waals surface area contributed by atoms with E-state index < -0.39 is 0 Å². The van der Waals surface area contributed by atoms with Gasteiger partial charge in [-0.15, -0.1) is 0 Å². The number of ether oxygens (including phenoxy) is 2. The fourth-order valence-electron chi connectivity index (χ4n) is 2.47. The highest BCUT2D eigenvalue weighted by Crippen LogP contribution is 2.39. The lowest BCUT2D eigenvalue weighted by Crippen LogP contribution is -1.94. The zero-order chi connectivity index (χ0) is 15.5. The number of pyridine rings is 1. The van der Waals surface area contributed by atoms with Crippen molar-refractivity contribution >= 4 is 11.5 Å². The first-order valence-corrected chi connectivity index (χ1v) is 7.66. The van der Waals surface area contributed by atoms with Gasteiger partial charge in [-0.3, -0.25) is 4.98 Å². The molecule has 0 amide bonds. The Balaban J connectivity index is 2.14. The van der Waals surface area contributed by atoms with E-state index in [0.717, 1.165) is 33.7 Å². The van der Waals surface area contributed by atoms with Crippen molar-refractivity contribution in [3.8, 4) is 33.9 Å². The summed E-state index contributed by atoms with van der Waals surface area (Å²) >= 11 is 1.44. The Kier molecular flexibility index (Phi) is 4.06. The van der Waals surface area contributed by atoms with Gasteiger partial charge >= 0.3 is 0 Å². The molecule has 0 aliphatic heterocycles. The molecule has 2 aromatic heterocycles. The van der Waals surface area contributed by atoms with Gasteiger partial charge in [0.15, 0.2) is 11.5 Å². The van der Waals surface area contributed by atoms with Gasteiger partial charge < -0.3 is 9.47 Å². The maximum Gasteiger partial charge on any atom is 0.163 e. The molecule has 3 rings (SSSR count). The Morgan fingerprint density at radius 2 is 1.77 bits per heavy atom. The normalized spacial score (nSPS) is 10.5. The van der Waals surface area contributed by atoms with E-state index >= 15 is 0 Å². The maximum atomic E-state index is 5.44. The van der Waals surface area contributed by atoms with Gasteiger partial charge in [0.05, 0.1) is 19.9 Å². The summed E-state index contributed by atoms with van der Waals surface area (Å²) in [4.78, 5) is 4.07. The van der Waals surface area contributed by atoms with E-state index in [1.807, 2.05) is 25.1 Å². The first-order valence-electron chi connectivity index (χ1n) is 6.82. The highest BCUT2D eigenvalue weighted by Gasteiger charge is 2.15. The zero-order valence-corrected chi connectivity index (χ0v) is 13.5. The number of hydrogen-bond acceptors (Lipinski definition) is 5. The first kappa shape index (κ1) is 14.5. The van der Waals surface area contributed by atoms with Gasteiger partial charge in [-0.05, 0) is 53.8 Å². The lowest BCUT2D eigenvalue weighted by Gasteiger charge is -2.12. The molecular formula is C17H16N2O2S. The molecule has 0 aliphatic carbocycles. The molecule has 5 heteroatoms. The fourth-order valence-corrected chi connectivity index (χ4v) is 3.19. The van der Waals surface area contributed by atoms with Crippen molar-refractivity contribution in [1.29, 1.82) is 0 Å². The third-order valence-corrected chi connectivity index (χ3v) is 4.13. The van der Waals surface area contributed by atoms with Crippen LogP contribution in [0.3, 0.4) is 0 Å². The van der Waals surface area contributed by atoms with Crippen LogP contribution in [-0.4, -0.2) is 23.6 Å². The van der Waals surface area contributed by atoms with E-state index in [9.17, 15) is 0 Å². The fraction of sp³-hybridized carbons (Fsp3) is 0.176. The highest BCUT2D eigenvalue weighted by atomic mass is 32.1. The lowest BCUT2D eigenvalue weighted by molar-refractivity contribution is 0.353. The summed E-state index contributed by atoms with van der Waals surface area (Å²) in [5.41, 5.74) is 5.18. The minimum Gasteiger partial charge on any atom is -0.493 e. The third-order valence-electron chi connectivity index (χ3n) is 3.50. The molecule has 0 bridgehead atoms. The summed E-state index contributed by atoms with van der Waals surface area (Å²) in [7, 11) is 3.29. The molecular weight excluding hydrogens is 296 g/mol. The molecule has 0 saturated carbocycles. The minimum absolute atomic E-state index is 0.714. The van der Waals surface area contributed by atoms with Gasteiger partial charge in [0, 0.05) is 28.9 Å². The van der Waals surface area contributed by atoms with E-state index in [2.05, 4.69) is 20.8 Å². The summed E-state index contributed by atoms with van der Waals surface area (Å²) in [5.74, 6) is 1.47. The monoisotopic (exact) mass is 312 g/mol. The van der Waals surface area contributed by atoms with Crippen LogP contribution in [0.4, 0.5) is 0 Å². The summed E-state index contributed by atoms with van der Waals surface area (Å²) in [6, 6.07) is 8.01. The Labute approximate surface area is 133 Å². The zero-order valence-electron chi connectivity index (χ0n) is 12.7. The van der Waals surface area contributed by atoms with Gasteiger partial charge in [0.1, 0.15) is 0 Å². The average molecular weight is 312 g/mol. The molecule has 4 nitrogen and oxygen atoms in total. The van der Waals surface area contributed by atoms with Gasteiger partial charge in [-0.1, -0.05) is 0 Å². The molecule has 0 aliphatic rings. The van der Waals surface area contributed by atoms with E-state index in [0.29, 0.717) is 5.75 Å². The lowest BCUT2D eigenvalue weighted by atomic mass is 10.0. The van der Waals surface area contributed by atoms with Crippen LogP contribution >= 0.6 is 11.5 Å². The molecule has 0 spiro atoms. The minimum atomic E-state index is 0.714. The topological polar surface area (TPSA) is 44.2 Å². The summed E-state index contributed by atoms with van der Waals surface area (Å²) in [6.45, 7) is 2.00. The molecule has 112 valence electrons. The number of benzene rings is 1. The second-order valence-corrected chi connectivity index (χ2v) is 5.47. The predicted octanol–water partition coefficient (Wildman–Crippen LogP) is 4.20. The third kappa shape index (κ3) is 2.55. The second-order valence-electron chi connectivity index (χ2n) is 4.84. The van der Waals surface area contributed by atoms with Crippen LogP contribution < -0.4 is 9.47 Å². The smallest absolute Gasteiger partial charge is 0.163 e. The number of hydrogen-bond donors (Lipinski definition) is 0. The quantitative estimate of drug-likeness (QED) is 0.724. The molecule has 0 atom stereocenters. The highest BCUT2D eigenvalue weighted by molar-refractivity contribution is 7.04. The van der Waals surface area contributed by atoms with E-state index in [1.165, 1.54) is 11.5 Å². The number of nitrogens with zero attached hydrogens (tertiary/aromatic N) is 2. The Bertz CT molecular complexity index is 785. The SMILES string of the molecule is COc1cc(-c2nscc2-c2ccncc2)cc(C)c1OC. The summed E-state index contributed by atoms with van der Waals surface area (Å²) < 4.78 is 15.4. The Hall–Kier alpha value is -2.40. The van der Waals surface area contributed by atoms with Gasteiger partial charge in [0.2, 0.25) is 0 Å². The van der Waals surface area contributed by atoms with Gasteiger partial charge in [-0.25, -0.2) is 0 Å². The average Bonchev–Trinajstić information content (AvgIpc) is 3.04. The van der Waals surface area contributed by atoms with Crippen molar-refractivity contribution in [2.45, 2.75) is 6.92 Å². The van der Waals surface area contributed by atoms with Crippen LogP contribution in [0.1, 0.15) is 5.56 Å². The number of aromatic nitrogens is 2. The second kappa shape index (κ2) is 6.15. The first-order chi connectivity index (χ1) is 10.7. The van der Waals surface area contributed by atoms with Crippen LogP contribution in [-0.2, 0) is 0 Å². The number of rotatable bonds is 4. The molecule has 1 aromatic carbocycles. The van der Waals surface area contributed by atoms with Crippen LogP contribution in [0.2, 0.25) is 0 Å². The van der Waals surface area contributed by atoms with Crippen LogP contribution in [0, 0.1) is 6.92 Å². The Morgan fingerprint density at radius 1 is 1.00 bits per heavy atom. The van der Waals surface area contributed by atoms with Crippen LogP contribution in [0.25, 0.3) is 22.4 Å². The van der Waals surface area contributed by atoms with Crippen molar-refractivity contribution in [3.05, 3.63) is 47.6 Å². The maximum absolute atomic E-state index is 5.44. The Morgan fingerprint density at radius 3 is 2.45 bits per heavy atom. The van der Waals surface area contributed by atoms with Crippen LogP contribution in [0.15, 0.2) is 42.0 Å². The number of aryl methyl sites for hydroxylation is 1. The summed E-state index contributed by atoms with van der Waals surface area (Å²) in [5, 5.41) is 2.05.